The second-order valence-corrected chi connectivity index (χ2v) is 7.36. The van der Waals surface area contributed by atoms with Gasteiger partial charge in [-0.25, -0.2) is 0 Å². The quantitative estimate of drug-likeness (QED) is 0.614. The van der Waals surface area contributed by atoms with Crippen molar-refractivity contribution in [2.24, 2.45) is 0 Å². The molecule has 0 saturated heterocycles. The number of nitrogens with one attached hydrogen (secondary N) is 1. The van der Waals surface area contributed by atoms with Gasteiger partial charge in [0.1, 0.15) is 4.88 Å². The van der Waals surface area contributed by atoms with Crippen LogP contribution in [-0.2, 0) is 0 Å². The zero-order chi connectivity index (χ0) is 17.4. The number of hydrogen-bond donors (Lipinski definition) is 1. The zero-order valence-electron chi connectivity index (χ0n) is 13.0. The van der Waals surface area contributed by atoms with E-state index in [1.165, 1.54) is 11.3 Å². The third-order valence-corrected chi connectivity index (χ3v) is 5.81. The molecule has 0 unspecified atom stereocenters. The molecule has 128 valence electrons. The summed E-state index contributed by atoms with van der Waals surface area (Å²) in [6.07, 6.45) is 0.797. The van der Waals surface area contributed by atoms with Crippen molar-refractivity contribution in [2.75, 3.05) is 18.5 Å². The van der Waals surface area contributed by atoms with E-state index in [4.69, 9.17) is 32.7 Å². The monoisotopic (exact) mass is 393 g/mol. The van der Waals surface area contributed by atoms with Crippen molar-refractivity contribution in [3.63, 3.8) is 0 Å². The molecule has 4 rings (SSSR count). The van der Waals surface area contributed by atoms with Crippen LogP contribution in [0.5, 0.6) is 11.5 Å². The molecule has 1 amide bonds. The van der Waals surface area contributed by atoms with Crippen LogP contribution in [0.25, 0.3) is 10.1 Å². The van der Waals surface area contributed by atoms with Gasteiger partial charge in [0.15, 0.2) is 11.5 Å². The Morgan fingerprint density at radius 3 is 2.56 bits per heavy atom. The highest BCUT2D eigenvalue weighted by molar-refractivity contribution is 7.21. The van der Waals surface area contributed by atoms with Crippen molar-refractivity contribution >= 4 is 56.2 Å². The molecule has 1 N–H and O–H groups in total. The van der Waals surface area contributed by atoms with Crippen LogP contribution >= 0.6 is 34.5 Å². The molecule has 1 aromatic heterocycles. The minimum absolute atomic E-state index is 0.303. The smallest absolute Gasteiger partial charge is 0.267 e. The molecule has 0 fully saturated rings. The molecule has 1 aliphatic heterocycles. The summed E-state index contributed by atoms with van der Waals surface area (Å²) >= 11 is 14.0. The maximum atomic E-state index is 12.7. The Morgan fingerprint density at radius 1 is 1.08 bits per heavy atom. The number of carbonyl (C=O) groups is 1. The molecule has 1 aliphatic rings. The predicted octanol–water partition coefficient (Wildman–Crippen LogP) is 5.62. The van der Waals surface area contributed by atoms with E-state index in [0.29, 0.717) is 45.3 Å². The Bertz CT molecular complexity index is 970. The Kier molecular flexibility index (Phi) is 4.46. The van der Waals surface area contributed by atoms with Crippen LogP contribution in [0.4, 0.5) is 5.69 Å². The Morgan fingerprint density at radius 2 is 1.80 bits per heavy atom. The molecule has 4 nitrogen and oxygen atoms in total. The first-order chi connectivity index (χ1) is 12.1. The minimum atomic E-state index is -0.303. The molecule has 2 heterocycles. The van der Waals surface area contributed by atoms with Gasteiger partial charge in [-0.05, 0) is 6.07 Å². The van der Waals surface area contributed by atoms with E-state index in [2.05, 4.69) is 5.32 Å². The minimum Gasteiger partial charge on any atom is -0.490 e. The zero-order valence-corrected chi connectivity index (χ0v) is 15.3. The molecule has 3 aromatic rings. The lowest BCUT2D eigenvalue weighted by Crippen LogP contribution is -2.11. The van der Waals surface area contributed by atoms with E-state index in [1.54, 1.807) is 12.1 Å². The molecule has 0 aliphatic carbocycles. The van der Waals surface area contributed by atoms with Gasteiger partial charge in [0.2, 0.25) is 0 Å². The number of anilines is 1. The number of fused-ring (bicyclic) bond motifs is 2. The standard InChI is InChI=1S/C18H13Cl2NO3S/c19-11-8-13-14(24-7-3-6-23-13)9-12(11)21-18(22)17-16(20)10-4-1-2-5-15(10)25-17/h1-2,4-5,8-9H,3,6-7H2,(H,21,22). The van der Waals surface area contributed by atoms with Crippen LogP contribution in [0.1, 0.15) is 16.1 Å². The number of ether oxygens (including phenoxy) is 2. The van der Waals surface area contributed by atoms with Gasteiger partial charge >= 0.3 is 0 Å². The van der Waals surface area contributed by atoms with Gasteiger partial charge in [0.05, 0.1) is 28.9 Å². The average molecular weight is 394 g/mol. The van der Waals surface area contributed by atoms with E-state index < -0.39 is 0 Å². The van der Waals surface area contributed by atoms with Gasteiger partial charge in [0, 0.05) is 28.6 Å². The van der Waals surface area contributed by atoms with Gasteiger partial charge in [-0.3, -0.25) is 4.79 Å². The largest absolute Gasteiger partial charge is 0.490 e. The fourth-order valence-corrected chi connectivity index (χ4v) is 4.23. The molecule has 0 radical (unpaired) electrons. The summed E-state index contributed by atoms with van der Waals surface area (Å²) in [7, 11) is 0. The molecule has 7 heteroatoms. The van der Waals surface area contributed by atoms with Gasteiger partial charge in [-0.15, -0.1) is 11.3 Å². The number of amides is 1. The highest BCUT2D eigenvalue weighted by atomic mass is 35.5. The molecule has 0 spiro atoms. The maximum absolute atomic E-state index is 12.7. The van der Waals surface area contributed by atoms with Gasteiger partial charge in [-0.1, -0.05) is 41.4 Å². The SMILES string of the molecule is O=C(Nc1cc2c(cc1Cl)OCCCO2)c1sc2ccccc2c1Cl. The van der Waals surface area contributed by atoms with Crippen molar-refractivity contribution < 1.29 is 14.3 Å². The van der Waals surface area contributed by atoms with Crippen molar-refractivity contribution in [1.82, 2.24) is 0 Å². The summed E-state index contributed by atoms with van der Waals surface area (Å²) in [6.45, 7) is 1.14. The summed E-state index contributed by atoms with van der Waals surface area (Å²) in [5.74, 6) is 0.850. The highest BCUT2D eigenvalue weighted by Gasteiger charge is 2.20. The fourth-order valence-electron chi connectivity index (χ4n) is 2.62. The van der Waals surface area contributed by atoms with E-state index >= 15 is 0 Å². The van der Waals surface area contributed by atoms with Crippen LogP contribution in [0.15, 0.2) is 36.4 Å². The summed E-state index contributed by atoms with van der Waals surface area (Å²) in [6, 6.07) is 11.0. The van der Waals surface area contributed by atoms with Crippen molar-refractivity contribution in [3.05, 3.63) is 51.3 Å². The van der Waals surface area contributed by atoms with Crippen LogP contribution < -0.4 is 14.8 Å². The average Bonchev–Trinajstić information content (AvgIpc) is 2.78. The molecule has 0 bridgehead atoms. The number of benzene rings is 2. The highest BCUT2D eigenvalue weighted by Crippen LogP contribution is 2.39. The van der Waals surface area contributed by atoms with Crippen LogP contribution in [0.2, 0.25) is 10.0 Å². The van der Waals surface area contributed by atoms with Crippen LogP contribution in [0.3, 0.4) is 0 Å². The van der Waals surface area contributed by atoms with E-state index in [-0.39, 0.29) is 5.91 Å². The maximum Gasteiger partial charge on any atom is 0.267 e. The van der Waals surface area contributed by atoms with E-state index in [1.807, 2.05) is 24.3 Å². The molecular formula is C18H13Cl2NO3S. The summed E-state index contributed by atoms with van der Waals surface area (Å²) < 4.78 is 12.2. The van der Waals surface area contributed by atoms with Crippen molar-refractivity contribution in [1.29, 1.82) is 0 Å². The van der Waals surface area contributed by atoms with Crippen LogP contribution in [0, 0.1) is 0 Å². The van der Waals surface area contributed by atoms with E-state index in [0.717, 1.165) is 16.5 Å². The molecule has 0 saturated carbocycles. The second kappa shape index (κ2) is 6.75. The molecular weight excluding hydrogens is 381 g/mol. The fraction of sp³-hybridized carbons (Fsp3) is 0.167. The Labute approximate surface area is 158 Å². The second-order valence-electron chi connectivity index (χ2n) is 5.52. The lowest BCUT2D eigenvalue weighted by molar-refractivity contribution is 0.103. The summed E-state index contributed by atoms with van der Waals surface area (Å²) in [5.41, 5.74) is 0.462. The third-order valence-electron chi connectivity index (χ3n) is 3.83. The summed E-state index contributed by atoms with van der Waals surface area (Å²) in [4.78, 5) is 13.1. The van der Waals surface area contributed by atoms with Crippen LogP contribution in [-0.4, -0.2) is 19.1 Å². The molecule has 2 aromatic carbocycles. The van der Waals surface area contributed by atoms with Gasteiger partial charge in [0.25, 0.3) is 5.91 Å². The van der Waals surface area contributed by atoms with Gasteiger partial charge < -0.3 is 14.8 Å². The molecule has 25 heavy (non-hydrogen) atoms. The normalized spacial score (nSPS) is 13.5. The number of hydrogen-bond acceptors (Lipinski definition) is 4. The van der Waals surface area contributed by atoms with Crippen molar-refractivity contribution in [2.45, 2.75) is 6.42 Å². The first-order valence-electron chi connectivity index (χ1n) is 7.71. The van der Waals surface area contributed by atoms with Crippen molar-refractivity contribution in [3.8, 4) is 11.5 Å². The van der Waals surface area contributed by atoms with E-state index in [9.17, 15) is 4.79 Å². The number of rotatable bonds is 2. The number of thiophene rings is 1. The number of halogens is 2. The topological polar surface area (TPSA) is 47.6 Å². The van der Waals surface area contributed by atoms with Gasteiger partial charge in [-0.2, -0.15) is 0 Å². The lowest BCUT2D eigenvalue weighted by atomic mass is 10.2. The first kappa shape index (κ1) is 16.5. The summed E-state index contributed by atoms with van der Waals surface area (Å²) in [5, 5.41) is 4.52. The Balaban J connectivity index is 1.66. The predicted molar refractivity (Wildman–Crippen MR) is 102 cm³/mol. The third kappa shape index (κ3) is 3.15. The lowest BCUT2D eigenvalue weighted by Gasteiger charge is -2.12. The number of carbonyl (C=O) groups excluding carboxylic acids is 1. The Hall–Kier alpha value is -1.95. The molecule has 0 atom stereocenters. The first-order valence-corrected chi connectivity index (χ1v) is 9.28.